The van der Waals surface area contributed by atoms with Crippen molar-refractivity contribution in [2.75, 3.05) is 20.1 Å². The van der Waals surface area contributed by atoms with E-state index in [1.165, 1.54) is 18.4 Å². The molecule has 0 amide bonds. The lowest BCUT2D eigenvalue weighted by atomic mass is 9.89. The Kier molecular flexibility index (Phi) is 5.59. The molecule has 2 aromatic heterocycles. The smallest absolute Gasteiger partial charge is 0.238 e. The molecule has 0 radical (unpaired) electrons. The van der Waals surface area contributed by atoms with Gasteiger partial charge in [0.15, 0.2) is 5.65 Å². The zero-order valence-corrected chi connectivity index (χ0v) is 20.8. The number of rotatable bonds is 4. The number of hydrogen-bond acceptors (Lipinski definition) is 5. The number of aromatic nitrogens is 3. The summed E-state index contributed by atoms with van der Waals surface area (Å²) >= 11 is 0. The van der Waals surface area contributed by atoms with E-state index in [1.807, 2.05) is 24.5 Å². The number of fused-ring (bicyclic) bond motifs is 2. The summed E-state index contributed by atoms with van der Waals surface area (Å²) in [5, 5.41) is 11.4. The van der Waals surface area contributed by atoms with Crippen LogP contribution < -0.4 is 5.14 Å². The Morgan fingerprint density at radius 2 is 1.58 bits per heavy atom. The van der Waals surface area contributed by atoms with Gasteiger partial charge in [-0.3, -0.25) is 0 Å². The zero-order chi connectivity index (χ0) is 24.9. The minimum Gasteiger partial charge on any atom is -0.306 e. The molecule has 1 aliphatic rings. The van der Waals surface area contributed by atoms with Crippen molar-refractivity contribution in [2.24, 2.45) is 5.14 Å². The van der Waals surface area contributed by atoms with Crippen LogP contribution in [0.3, 0.4) is 0 Å². The Morgan fingerprint density at radius 3 is 2.31 bits per heavy atom. The number of hydrogen-bond donors (Lipinski definition) is 1. The second-order valence-electron chi connectivity index (χ2n) is 9.57. The zero-order valence-electron chi connectivity index (χ0n) is 20.0. The Morgan fingerprint density at radius 1 is 0.861 bits per heavy atom. The summed E-state index contributed by atoms with van der Waals surface area (Å²) in [5.41, 5.74) is 5.88. The van der Waals surface area contributed by atoms with Crippen LogP contribution in [-0.4, -0.2) is 48.1 Å². The SMILES string of the molecule is CN1CCC(c2ccc(-c3cnc4c(-c5ccc(S(N)(=O)=O)c6ccccc56)cnn4c3)cc2)CC1. The minimum atomic E-state index is -3.85. The van der Waals surface area contributed by atoms with E-state index in [4.69, 9.17) is 10.1 Å². The van der Waals surface area contributed by atoms with E-state index in [0.717, 1.165) is 40.7 Å². The van der Waals surface area contributed by atoms with Crippen molar-refractivity contribution in [2.45, 2.75) is 23.7 Å². The van der Waals surface area contributed by atoms with E-state index in [1.54, 1.807) is 35.0 Å². The van der Waals surface area contributed by atoms with Crippen molar-refractivity contribution in [3.63, 3.8) is 0 Å². The van der Waals surface area contributed by atoms with Crippen molar-refractivity contribution in [1.82, 2.24) is 19.5 Å². The van der Waals surface area contributed by atoms with Gasteiger partial charge >= 0.3 is 0 Å². The lowest BCUT2D eigenvalue weighted by molar-refractivity contribution is 0.255. The van der Waals surface area contributed by atoms with E-state index >= 15 is 0 Å². The van der Waals surface area contributed by atoms with Gasteiger partial charge in [0.1, 0.15) is 0 Å². The summed E-state index contributed by atoms with van der Waals surface area (Å²) in [6.45, 7) is 2.30. The summed E-state index contributed by atoms with van der Waals surface area (Å²) in [6.07, 6.45) is 8.02. The largest absolute Gasteiger partial charge is 0.306 e. The van der Waals surface area contributed by atoms with E-state index in [0.29, 0.717) is 17.0 Å². The fraction of sp³-hybridized carbons (Fsp3) is 0.214. The molecule has 0 bridgehead atoms. The second kappa shape index (κ2) is 8.81. The van der Waals surface area contributed by atoms with E-state index in [-0.39, 0.29) is 4.90 Å². The number of benzene rings is 3. The summed E-state index contributed by atoms with van der Waals surface area (Å²) in [6, 6.07) is 19.5. The van der Waals surface area contributed by atoms with Crippen molar-refractivity contribution < 1.29 is 8.42 Å². The molecule has 8 heteroatoms. The summed E-state index contributed by atoms with van der Waals surface area (Å²) in [7, 11) is -1.66. The highest BCUT2D eigenvalue weighted by Gasteiger charge is 2.19. The van der Waals surface area contributed by atoms with Crippen LogP contribution in [0.2, 0.25) is 0 Å². The minimum absolute atomic E-state index is 0.109. The highest BCUT2D eigenvalue weighted by molar-refractivity contribution is 7.89. The molecule has 7 nitrogen and oxygen atoms in total. The predicted molar refractivity (Wildman–Crippen MR) is 142 cm³/mol. The maximum absolute atomic E-state index is 12.1. The van der Waals surface area contributed by atoms with Gasteiger partial charge in [0.2, 0.25) is 10.0 Å². The molecule has 0 unspecified atom stereocenters. The van der Waals surface area contributed by atoms with Gasteiger partial charge in [-0.1, -0.05) is 54.6 Å². The predicted octanol–water partition coefficient (Wildman–Crippen LogP) is 4.67. The molecule has 3 heterocycles. The van der Waals surface area contributed by atoms with E-state index < -0.39 is 10.0 Å². The molecule has 6 rings (SSSR count). The molecule has 0 atom stereocenters. The third kappa shape index (κ3) is 4.07. The number of sulfonamides is 1. The average Bonchev–Trinajstić information content (AvgIpc) is 3.31. The molecule has 0 saturated carbocycles. The van der Waals surface area contributed by atoms with Crippen LogP contribution in [0.4, 0.5) is 0 Å². The summed E-state index contributed by atoms with van der Waals surface area (Å²) in [5.74, 6) is 0.625. The van der Waals surface area contributed by atoms with Gasteiger partial charge in [0.25, 0.3) is 0 Å². The third-order valence-electron chi connectivity index (χ3n) is 7.27. The first kappa shape index (κ1) is 22.8. The second-order valence-corrected chi connectivity index (χ2v) is 11.1. The van der Waals surface area contributed by atoms with E-state index in [2.05, 4.69) is 41.3 Å². The molecule has 36 heavy (non-hydrogen) atoms. The quantitative estimate of drug-likeness (QED) is 0.389. The van der Waals surface area contributed by atoms with Gasteiger partial charge < -0.3 is 4.90 Å². The van der Waals surface area contributed by atoms with Crippen molar-refractivity contribution in [1.29, 1.82) is 0 Å². The topological polar surface area (TPSA) is 93.6 Å². The van der Waals surface area contributed by atoms with Gasteiger partial charge in [-0.15, -0.1) is 0 Å². The summed E-state index contributed by atoms with van der Waals surface area (Å²) < 4.78 is 26.0. The van der Waals surface area contributed by atoms with Crippen LogP contribution in [-0.2, 0) is 10.0 Å². The molecule has 1 aliphatic heterocycles. The van der Waals surface area contributed by atoms with Crippen LogP contribution >= 0.6 is 0 Å². The highest BCUT2D eigenvalue weighted by Crippen LogP contribution is 2.35. The maximum atomic E-state index is 12.1. The van der Waals surface area contributed by atoms with Crippen LogP contribution in [0.5, 0.6) is 0 Å². The maximum Gasteiger partial charge on any atom is 0.238 e. The molecule has 3 aromatic carbocycles. The number of piperidine rings is 1. The van der Waals surface area contributed by atoms with Gasteiger partial charge in [-0.25, -0.2) is 23.1 Å². The first-order chi connectivity index (χ1) is 17.4. The molecule has 0 aliphatic carbocycles. The Hall–Kier alpha value is -3.59. The van der Waals surface area contributed by atoms with Crippen molar-refractivity contribution in [3.05, 3.63) is 84.8 Å². The molecule has 1 fully saturated rings. The fourth-order valence-electron chi connectivity index (χ4n) is 5.26. The van der Waals surface area contributed by atoms with Crippen LogP contribution in [0.15, 0.2) is 84.1 Å². The molecule has 5 aromatic rings. The van der Waals surface area contributed by atoms with Crippen molar-refractivity contribution in [3.8, 4) is 22.3 Å². The molecule has 2 N–H and O–H groups in total. The standard InChI is InChI=1S/C28H27N5O2S/c1-32-14-12-21(13-15-32)19-6-8-20(9-7-19)22-16-30-28-26(17-31-33(28)18-22)24-10-11-27(36(29,34)35)25-5-3-2-4-23(24)25/h2-11,16-18,21H,12-15H2,1H3,(H2,29,34,35). The molecular formula is C28H27N5O2S. The van der Waals surface area contributed by atoms with Crippen LogP contribution in [0.25, 0.3) is 38.7 Å². The number of likely N-dealkylation sites (tertiary alicyclic amines) is 1. The first-order valence-corrected chi connectivity index (χ1v) is 13.6. The number of nitrogens with two attached hydrogens (primary N) is 1. The third-order valence-corrected chi connectivity index (χ3v) is 8.24. The van der Waals surface area contributed by atoms with Gasteiger partial charge in [-0.2, -0.15) is 5.10 Å². The molecule has 182 valence electrons. The normalized spacial score (nSPS) is 15.6. The van der Waals surface area contributed by atoms with Crippen molar-refractivity contribution >= 4 is 26.4 Å². The fourth-order valence-corrected chi connectivity index (χ4v) is 6.00. The molecule has 0 spiro atoms. The van der Waals surface area contributed by atoms with Crippen LogP contribution in [0.1, 0.15) is 24.3 Å². The monoisotopic (exact) mass is 497 g/mol. The van der Waals surface area contributed by atoms with Gasteiger partial charge in [0, 0.05) is 28.9 Å². The first-order valence-electron chi connectivity index (χ1n) is 12.1. The van der Waals surface area contributed by atoms with Crippen LogP contribution in [0, 0.1) is 0 Å². The lowest BCUT2D eigenvalue weighted by Crippen LogP contribution is -2.29. The van der Waals surface area contributed by atoms with E-state index in [9.17, 15) is 8.42 Å². The Balaban J connectivity index is 1.35. The van der Waals surface area contributed by atoms with Gasteiger partial charge in [-0.05, 0) is 67.0 Å². The Bertz CT molecular complexity index is 1690. The van der Waals surface area contributed by atoms with Gasteiger partial charge in [0.05, 0.1) is 11.1 Å². The molecular weight excluding hydrogens is 470 g/mol. The lowest BCUT2D eigenvalue weighted by Gasteiger charge is -2.29. The number of nitrogens with zero attached hydrogens (tertiary/aromatic N) is 4. The average molecular weight is 498 g/mol. The Labute approximate surface area is 210 Å². The molecule has 1 saturated heterocycles. The summed E-state index contributed by atoms with van der Waals surface area (Å²) in [4.78, 5) is 7.24. The highest BCUT2D eigenvalue weighted by atomic mass is 32.2. The number of primary sulfonamides is 1.